The van der Waals surface area contributed by atoms with Crippen molar-refractivity contribution in [2.24, 2.45) is 0 Å². The lowest BCUT2D eigenvalue weighted by molar-refractivity contribution is 0.284. The molecule has 1 saturated carbocycles. The van der Waals surface area contributed by atoms with Gasteiger partial charge in [0.2, 0.25) is 0 Å². The largest absolute Gasteiger partial charge is 0.341 e. The lowest BCUT2D eigenvalue weighted by Gasteiger charge is -2.16. The molecule has 110 valence electrons. The van der Waals surface area contributed by atoms with Gasteiger partial charge in [0.05, 0.1) is 0 Å². The van der Waals surface area contributed by atoms with Crippen molar-refractivity contribution in [3.63, 3.8) is 0 Å². The molecule has 0 radical (unpaired) electrons. The Morgan fingerprint density at radius 2 is 1.95 bits per heavy atom. The van der Waals surface area contributed by atoms with Gasteiger partial charge < -0.3 is 4.57 Å². The fourth-order valence-electron chi connectivity index (χ4n) is 3.68. The van der Waals surface area contributed by atoms with E-state index in [4.69, 9.17) is 0 Å². The fourth-order valence-corrected chi connectivity index (χ4v) is 3.68. The Bertz CT molecular complexity index is 623. The number of hydrogen-bond acceptors (Lipinski definition) is 1. The Morgan fingerprint density at radius 3 is 2.67 bits per heavy atom. The molecule has 2 heterocycles. The smallest absolute Gasteiger partial charge is 0.0488 e. The van der Waals surface area contributed by atoms with E-state index in [1.807, 2.05) is 0 Å². The highest BCUT2D eigenvalue weighted by atomic mass is 15.1. The third-order valence-electron chi connectivity index (χ3n) is 4.94. The molecule has 0 bridgehead atoms. The van der Waals surface area contributed by atoms with Crippen LogP contribution >= 0.6 is 0 Å². The third kappa shape index (κ3) is 2.42. The van der Waals surface area contributed by atoms with Gasteiger partial charge in [-0.3, -0.25) is 4.90 Å². The summed E-state index contributed by atoms with van der Waals surface area (Å²) in [6.07, 6.45) is 5.26. The molecule has 0 N–H and O–H groups in total. The Hall–Kier alpha value is -1.54. The van der Waals surface area contributed by atoms with E-state index in [2.05, 4.69) is 52.8 Å². The molecule has 2 nitrogen and oxygen atoms in total. The van der Waals surface area contributed by atoms with Gasteiger partial charge in [-0.25, -0.2) is 0 Å². The quantitative estimate of drug-likeness (QED) is 0.815. The van der Waals surface area contributed by atoms with E-state index in [0.29, 0.717) is 0 Å². The molecule has 1 aliphatic carbocycles. The van der Waals surface area contributed by atoms with Crippen molar-refractivity contribution < 1.29 is 0 Å². The Morgan fingerprint density at radius 1 is 1.14 bits per heavy atom. The van der Waals surface area contributed by atoms with E-state index in [0.717, 1.165) is 19.1 Å². The molecule has 0 amide bonds. The van der Waals surface area contributed by atoms with Crippen molar-refractivity contribution in [1.29, 1.82) is 0 Å². The lowest BCUT2D eigenvalue weighted by Crippen LogP contribution is -2.22. The molecule has 2 aliphatic rings. The van der Waals surface area contributed by atoms with Gasteiger partial charge >= 0.3 is 0 Å². The molecule has 2 aromatic rings. The van der Waals surface area contributed by atoms with Gasteiger partial charge in [0.1, 0.15) is 0 Å². The molecule has 4 rings (SSSR count). The highest BCUT2D eigenvalue weighted by molar-refractivity contribution is 5.63. The van der Waals surface area contributed by atoms with Crippen molar-refractivity contribution in [3.05, 3.63) is 47.7 Å². The van der Waals surface area contributed by atoms with Crippen LogP contribution in [0.3, 0.4) is 0 Å². The summed E-state index contributed by atoms with van der Waals surface area (Å²) in [5.74, 6) is 0. The van der Waals surface area contributed by atoms with Crippen LogP contribution in [0, 0.1) is 0 Å². The summed E-state index contributed by atoms with van der Waals surface area (Å²) >= 11 is 0. The maximum absolute atomic E-state index is 2.67. The van der Waals surface area contributed by atoms with E-state index in [1.165, 1.54) is 43.5 Å². The second-order valence-electron chi connectivity index (χ2n) is 6.44. The zero-order chi connectivity index (χ0) is 14.2. The van der Waals surface area contributed by atoms with Crippen LogP contribution in [0.2, 0.25) is 0 Å². The van der Waals surface area contributed by atoms with Crippen molar-refractivity contribution in [3.8, 4) is 11.3 Å². The van der Waals surface area contributed by atoms with Gasteiger partial charge in [-0.2, -0.15) is 0 Å². The first-order valence-corrected chi connectivity index (χ1v) is 8.37. The van der Waals surface area contributed by atoms with Crippen molar-refractivity contribution in [1.82, 2.24) is 9.47 Å². The SMILES string of the molecule is CCN1CCCc2c(cc(-c3ccccc3)n2C2CC2)C1. The summed E-state index contributed by atoms with van der Waals surface area (Å²) in [5.41, 5.74) is 6.01. The predicted octanol–water partition coefficient (Wildman–Crippen LogP) is 4.26. The van der Waals surface area contributed by atoms with Crippen LogP contribution in [0.5, 0.6) is 0 Å². The van der Waals surface area contributed by atoms with Gasteiger partial charge in [0.15, 0.2) is 0 Å². The summed E-state index contributed by atoms with van der Waals surface area (Å²) in [5, 5.41) is 0. The molecular formula is C19H24N2. The number of aromatic nitrogens is 1. The topological polar surface area (TPSA) is 8.17 Å². The van der Waals surface area contributed by atoms with E-state index >= 15 is 0 Å². The van der Waals surface area contributed by atoms with E-state index in [-0.39, 0.29) is 0 Å². The summed E-state index contributed by atoms with van der Waals surface area (Å²) < 4.78 is 2.67. The molecular weight excluding hydrogens is 256 g/mol. The summed E-state index contributed by atoms with van der Waals surface area (Å²) in [6, 6.07) is 14.2. The Labute approximate surface area is 127 Å². The molecule has 0 atom stereocenters. The monoisotopic (exact) mass is 280 g/mol. The number of rotatable bonds is 3. The first kappa shape index (κ1) is 13.1. The Balaban J connectivity index is 1.81. The van der Waals surface area contributed by atoms with Crippen LogP contribution in [0.15, 0.2) is 36.4 Å². The molecule has 21 heavy (non-hydrogen) atoms. The summed E-state index contributed by atoms with van der Waals surface area (Å²) in [4.78, 5) is 2.58. The van der Waals surface area contributed by atoms with Gasteiger partial charge in [-0.05, 0) is 56.0 Å². The standard InChI is InChI=1S/C19H24N2/c1-2-20-12-6-9-18-16(14-20)13-19(21(18)17-10-11-17)15-7-4-3-5-8-15/h3-5,7-8,13,17H,2,6,9-12,14H2,1H3. The van der Waals surface area contributed by atoms with Crippen LogP contribution in [0.25, 0.3) is 11.3 Å². The average molecular weight is 280 g/mol. The first-order chi connectivity index (χ1) is 10.4. The maximum Gasteiger partial charge on any atom is 0.0488 e. The summed E-state index contributed by atoms with van der Waals surface area (Å²) in [7, 11) is 0. The number of benzene rings is 1. The van der Waals surface area contributed by atoms with Gasteiger partial charge in [0, 0.05) is 24.0 Å². The average Bonchev–Trinajstić information content (AvgIpc) is 3.33. The number of nitrogens with zero attached hydrogens (tertiary/aromatic N) is 2. The van der Waals surface area contributed by atoms with Gasteiger partial charge in [-0.15, -0.1) is 0 Å². The van der Waals surface area contributed by atoms with E-state index in [9.17, 15) is 0 Å². The molecule has 0 saturated heterocycles. The number of fused-ring (bicyclic) bond motifs is 1. The molecule has 1 aliphatic heterocycles. The normalized spacial score (nSPS) is 19.3. The van der Waals surface area contributed by atoms with Crippen molar-refractivity contribution in [2.45, 2.75) is 45.2 Å². The zero-order valence-electron chi connectivity index (χ0n) is 12.9. The molecule has 2 heteroatoms. The van der Waals surface area contributed by atoms with Gasteiger partial charge in [-0.1, -0.05) is 37.3 Å². The van der Waals surface area contributed by atoms with Gasteiger partial charge in [0.25, 0.3) is 0 Å². The minimum absolute atomic E-state index is 0.761. The van der Waals surface area contributed by atoms with Crippen LogP contribution in [-0.2, 0) is 13.0 Å². The summed E-state index contributed by atoms with van der Waals surface area (Å²) in [6.45, 7) is 5.82. The lowest BCUT2D eigenvalue weighted by atomic mass is 10.1. The first-order valence-electron chi connectivity index (χ1n) is 8.37. The predicted molar refractivity (Wildman–Crippen MR) is 87.4 cm³/mol. The van der Waals surface area contributed by atoms with E-state index in [1.54, 1.807) is 11.3 Å². The third-order valence-corrected chi connectivity index (χ3v) is 4.94. The Kier molecular flexibility index (Phi) is 3.34. The molecule has 1 fully saturated rings. The highest BCUT2D eigenvalue weighted by Gasteiger charge is 2.30. The number of hydrogen-bond donors (Lipinski definition) is 0. The highest BCUT2D eigenvalue weighted by Crippen LogP contribution is 2.42. The maximum atomic E-state index is 2.67. The van der Waals surface area contributed by atoms with Crippen LogP contribution in [0.1, 0.15) is 43.5 Å². The molecule has 1 aromatic carbocycles. The second-order valence-corrected chi connectivity index (χ2v) is 6.44. The van der Waals surface area contributed by atoms with Crippen LogP contribution < -0.4 is 0 Å². The minimum atomic E-state index is 0.761. The fraction of sp³-hybridized carbons (Fsp3) is 0.474. The van der Waals surface area contributed by atoms with E-state index < -0.39 is 0 Å². The minimum Gasteiger partial charge on any atom is -0.341 e. The van der Waals surface area contributed by atoms with Crippen LogP contribution in [-0.4, -0.2) is 22.6 Å². The second kappa shape index (κ2) is 5.34. The molecule has 1 aromatic heterocycles. The van der Waals surface area contributed by atoms with Crippen molar-refractivity contribution >= 4 is 0 Å². The van der Waals surface area contributed by atoms with Crippen LogP contribution in [0.4, 0.5) is 0 Å². The zero-order valence-corrected chi connectivity index (χ0v) is 12.9. The molecule has 0 unspecified atom stereocenters. The van der Waals surface area contributed by atoms with Crippen molar-refractivity contribution in [2.75, 3.05) is 13.1 Å². The molecule has 0 spiro atoms.